The second kappa shape index (κ2) is 5.09. The summed E-state index contributed by atoms with van der Waals surface area (Å²) in [7, 11) is 0. The Morgan fingerprint density at radius 3 is 3.05 bits per heavy atom. The van der Waals surface area contributed by atoms with Gasteiger partial charge in [-0.15, -0.1) is 0 Å². The highest BCUT2D eigenvalue weighted by Crippen LogP contribution is 2.49. The Balaban J connectivity index is 1.80. The van der Waals surface area contributed by atoms with Gasteiger partial charge < -0.3 is 19.7 Å². The van der Waals surface area contributed by atoms with E-state index in [9.17, 15) is 9.90 Å². The van der Waals surface area contributed by atoms with E-state index in [0.29, 0.717) is 19.1 Å². The number of carbonyl (C=O) groups excluding carboxylic acids is 1. The third kappa shape index (κ3) is 2.14. The van der Waals surface area contributed by atoms with Crippen molar-refractivity contribution in [3.63, 3.8) is 0 Å². The molecule has 2 unspecified atom stereocenters. The first-order chi connectivity index (χ1) is 10.1. The van der Waals surface area contributed by atoms with Crippen LogP contribution >= 0.6 is 27.7 Å². The molecule has 2 atom stereocenters. The van der Waals surface area contributed by atoms with Crippen molar-refractivity contribution < 1.29 is 9.90 Å². The van der Waals surface area contributed by atoms with Crippen LogP contribution in [0.1, 0.15) is 23.5 Å². The van der Waals surface area contributed by atoms with E-state index in [1.54, 1.807) is 0 Å². The molecule has 3 heterocycles. The number of carbonyl (C=O) groups is 1. The lowest BCUT2D eigenvalue weighted by Gasteiger charge is -2.40. The Morgan fingerprint density at radius 2 is 2.24 bits per heavy atom. The molecule has 1 aromatic carbocycles. The summed E-state index contributed by atoms with van der Waals surface area (Å²) >= 11 is 5.60. The van der Waals surface area contributed by atoms with Crippen LogP contribution in [0.15, 0.2) is 16.6 Å². The van der Waals surface area contributed by atoms with E-state index in [1.165, 1.54) is 21.7 Å². The third-order valence-corrected chi connectivity index (χ3v) is 6.28. The molecule has 1 saturated heterocycles. The number of benzene rings is 1. The summed E-state index contributed by atoms with van der Waals surface area (Å²) in [5.74, 6) is 2.46. The molecule has 6 heteroatoms. The zero-order valence-corrected chi connectivity index (χ0v) is 14.0. The van der Waals surface area contributed by atoms with Gasteiger partial charge in [-0.25, -0.2) is 0 Å². The molecule has 1 aromatic rings. The van der Waals surface area contributed by atoms with Gasteiger partial charge in [0.15, 0.2) is 0 Å². The van der Waals surface area contributed by atoms with E-state index >= 15 is 0 Å². The number of likely N-dealkylation sites (tertiary alicyclic amines) is 1. The molecular formula is C15H16BrN2O2S-. The molecule has 0 bridgehead atoms. The maximum Gasteiger partial charge on any atom is 0.136 e. The number of hydrogen-bond donors (Lipinski definition) is 0. The van der Waals surface area contributed by atoms with E-state index in [0.717, 1.165) is 28.9 Å². The summed E-state index contributed by atoms with van der Waals surface area (Å²) < 4.78 is 1.10. The van der Waals surface area contributed by atoms with Crippen molar-refractivity contribution in [2.45, 2.75) is 24.1 Å². The number of fused-ring (bicyclic) bond motifs is 3. The summed E-state index contributed by atoms with van der Waals surface area (Å²) in [5.41, 5.74) is 4.08. The Labute approximate surface area is 136 Å². The third-order valence-electron chi connectivity index (χ3n) is 4.84. The molecule has 0 aromatic heterocycles. The highest BCUT2D eigenvalue weighted by Gasteiger charge is 2.43. The van der Waals surface area contributed by atoms with Crippen LogP contribution in [0.3, 0.4) is 0 Å². The van der Waals surface area contributed by atoms with Gasteiger partial charge in [-0.3, -0.25) is 0 Å². The van der Waals surface area contributed by atoms with E-state index in [1.807, 2.05) is 11.8 Å². The number of anilines is 1. The maximum atomic E-state index is 11.2. The summed E-state index contributed by atoms with van der Waals surface area (Å²) in [6, 6.07) is 4.85. The monoisotopic (exact) mass is 367 g/mol. The molecule has 3 aliphatic rings. The van der Waals surface area contributed by atoms with Gasteiger partial charge in [0.1, 0.15) is 6.09 Å². The van der Waals surface area contributed by atoms with Gasteiger partial charge in [-0.05, 0) is 29.7 Å². The topological polar surface area (TPSA) is 46.6 Å². The molecule has 0 spiro atoms. The average molecular weight is 368 g/mol. The summed E-state index contributed by atoms with van der Waals surface area (Å²) in [6.07, 6.45) is -0.138. The van der Waals surface area contributed by atoms with Gasteiger partial charge in [0.25, 0.3) is 0 Å². The van der Waals surface area contributed by atoms with Crippen LogP contribution in [0.25, 0.3) is 0 Å². The molecule has 3 aliphatic heterocycles. The molecule has 0 aliphatic carbocycles. The first-order valence-corrected chi connectivity index (χ1v) is 9.22. The molecule has 0 N–H and O–H groups in total. The largest absolute Gasteiger partial charge is 0.530 e. The molecular weight excluding hydrogens is 352 g/mol. The predicted octanol–water partition coefficient (Wildman–Crippen LogP) is 2.02. The Kier molecular flexibility index (Phi) is 3.34. The second-order valence-electron chi connectivity index (χ2n) is 5.92. The van der Waals surface area contributed by atoms with Gasteiger partial charge >= 0.3 is 0 Å². The van der Waals surface area contributed by atoms with Crippen LogP contribution in [0.4, 0.5) is 10.5 Å². The molecule has 0 saturated carbocycles. The smallest absolute Gasteiger partial charge is 0.136 e. The van der Waals surface area contributed by atoms with Crippen LogP contribution in [0.5, 0.6) is 0 Å². The molecule has 1 amide bonds. The number of thioether (sulfide) groups is 1. The molecule has 21 heavy (non-hydrogen) atoms. The first kappa shape index (κ1) is 13.8. The first-order valence-electron chi connectivity index (χ1n) is 7.28. The van der Waals surface area contributed by atoms with Crippen molar-refractivity contribution in [2.75, 3.05) is 30.3 Å². The van der Waals surface area contributed by atoms with E-state index in [4.69, 9.17) is 0 Å². The summed E-state index contributed by atoms with van der Waals surface area (Å²) in [6.45, 7) is 2.23. The lowest BCUT2D eigenvalue weighted by Crippen LogP contribution is -2.52. The van der Waals surface area contributed by atoms with Crippen molar-refractivity contribution in [1.29, 1.82) is 0 Å². The van der Waals surface area contributed by atoms with Crippen LogP contribution in [-0.2, 0) is 5.75 Å². The molecule has 112 valence electrons. The standard InChI is InChI=1S/C15H17BrN2O2S/c16-10-5-9-8-21-4-3-18-13-1-2-17(15(19)20)7-12(13)11(6-10)14(9)18/h5-6,12-13H,1-4,7-8H2,(H,19,20)/p-1. The minimum atomic E-state index is -1.04. The van der Waals surface area contributed by atoms with Gasteiger partial charge in [0, 0.05) is 53.3 Å². The highest BCUT2D eigenvalue weighted by molar-refractivity contribution is 9.10. The number of carboxylic acid groups (broad SMARTS) is 1. The SMILES string of the molecule is O=C([O-])N1CCC2C(C1)c1cc(Br)cc3c1N2CCSC3. The van der Waals surface area contributed by atoms with Gasteiger partial charge in [-0.1, -0.05) is 15.9 Å². The van der Waals surface area contributed by atoms with Crippen LogP contribution in [-0.4, -0.2) is 42.4 Å². The second-order valence-corrected chi connectivity index (χ2v) is 7.94. The van der Waals surface area contributed by atoms with Crippen molar-refractivity contribution in [2.24, 2.45) is 0 Å². The number of halogens is 1. The summed E-state index contributed by atoms with van der Waals surface area (Å²) in [5, 5.41) is 11.2. The zero-order valence-electron chi connectivity index (χ0n) is 11.5. The van der Waals surface area contributed by atoms with Crippen LogP contribution in [0.2, 0.25) is 0 Å². The van der Waals surface area contributed by atoms with Crippen LogP contribution in [0, 0.1) is 0 Å². The molecule has 1 fully saturated rings. The maximum absolute atomic E-state index is 11.2. The van der Waals surface area contributed by atoms with Gasteiger partial charge in [0.05, 0.1) is 0 Å². The van der Waals surface area contributed by atoms with Crippen LogP contribution < -0.4 is 10.0 Å². The van der Waals surface area contributed by atoms with E-state index < -0.39 is 6.09 Å². The lowest BCUT2D eigenvalue weighted by atomic mass is 9.89. The Bertz CT molecular complexity index is 610. The number of rotatable bonds is 0. The highest BCUT2D eigenvalue weighted by atomic mass is 79.9. The number of nitrogens with zero attached hydrogens (tertiary/aromatic N) is 2. The van der Waals surface area contributed by atoms with Crippen molar-refractivity contribution in [1.82, 2.24) is 4.90 Å². The van der Waals surface area contributed by atoms with Gasteiger partial charge in [-0.2, -0.15) is 11.8 Å². The van der Waals surface area contributed by atoms with E-state index in [2.05, 4.69) is 33.0 Å². The van der Waals surface area contributed by atoms with Crippen molar-refractivity contribution >= 4 is 39.5 Å². The van der Waals surface area contributed by atoms with Gasteiger partial charge in [0.2, 0.25) is 0 Å². The Hall–Kier alpha value is -0.880. The number of hydrogen-bond acceptors (Lipinski definition) is 4. The van der Waals surface area contributed by atoms with E-state index in [-0.39, 0.29) is 5.92 Å². The van der Waals surface area contributed by atoms with Crippen molar-refractivity contribution in [3.8, 4) is 0 Å². The average Bonchev–Trinajstić information content (AvgIpc) is 2.62. The molecule has 4 nitrogen and oxygen atoms in total. The number of piperidine rings is 1. The minimum absolute atomic E-state index is 0.283. The summed E-state index contributed by atoms with van der Waals surface area (Å²) in [4.78, 5) is 15.2. The fraction of sp³-hybridized carbons (Fsp3) is 0.533. The molecule has 4 rings (SSSR count). The van der Waals surface area contributed by atoms with Crippen molar-refractivity contribution in [3.05, 3.63) is 27.7 Å². The predicted molar refractivity (Wildman–Crippen MR) is 85.8 cm³/mol. The molecule has 0 radical (unpaired) electrons. The lowest BCUT2D eigenvalue weighted by molar-refractivity contribution is -0.266. The fourth-order valence-corrected chi connectivity index (χ4v) is 5.43. The number of amides is 1. The Morgan fingerprint density at radius 1 is 1.38 bits per heavy atom. The zero-order chi connectivity index (χ0) is 14.6. The fourth-order valence-electron chi connectivity index (χ4n) is 3.99. The quantitative estimate of drug-likeness (QED) is 0.703. The minimum Gasteiger partial charge on any atom is -0.530 e. The normalized spacial score (nSPS) is 27.1.